The van der Waals surface area contributed by atoms with E-state index in [0.717, 1.165) is 6.42 Å². The van der Waals surface area contributed by atoms with Crippen molar-refractivity contribution >= 4 is 12.2 Å². The van der Waals surface area contributed by atoms with Gasteiger partial charge in [0.25, 0.3) is 0 Å². The normalized spacial score (nSPS) is 18.5. The lowest BCUT2D eigenvalue weighted by Crippen LogP contribution is -2.27. The van der Waals surface area contributed by atoms with Crippen molar-refractivity contribution in [3.05, 3.63) is 95.1 Å². The summed E-state index contributed by atoms with van der Waals surface area (Å²) in [7, 11) is 0. The second-order valence-corrected chi connectivity index (χ2v) is 5.50. The van der Waals surface area contributed by atoms with Gasteiger partial charge in [0.15, 0.2) is 0 Å². The highest BCUT2D eigenvalue weighted by Gasteiger charge is 2.13. The number of allylic oxidation sites excluding steroid dienone is 5. The average molecular weight is 334 g/mol. The Kier molecular flexibility index (Phi) is 9.77. The number of hydrogen-bond donors (Lipinski definition) is 1. The van der Waals surface area contributed by atoms with Crippen molar-refractivity contribution in [1.29, 1.82) is 0 Å². The zero-order valence-corrected chi connectivity index (χ0v) is 16.0. The summed E-state index contributed by atoms with van der Waals surface area (Å²) in [5, 5.41) is 5.81. The third kappa shape index (κ3) is 6.46. The third-order valence-electron chi connectivity index (χ3n) is 3.81. The highest BCUT2D eigenvalue weighted by atomic mass is 14.9. The highest BCUT2D eigenvalue weighted by Crippen LogP contribution is 2.19. The standard InChI is InChI=1S/C12H14.C10H11N.C2H6/c1-3-7-11-9-5-6-10-12(11)8-4-2;1-8-6-7-11-10-5-3-2-4-9(8)10;1-2/h3,5-10H,1,4H2,2H3;2-7,10-11H,1H3;1-2H3/b11-7-,12-8-;;. The van der Waals surface area contributed by atoms with E-state index in [1.54, 1.807) is 0 Å². The van der Waals surface area contributed by atoms with E-state index in [1.165, 1.54) is 21.6 Å². The molecule has 1 aliphatic heterocycles. The summed E-state index contributed by atoms with van der Waals surface area (Å²) in [5.74, 6) is 0. The summed E-state index contributed by atoms with van der Waals surface area (Å²) in [5.41, 5.74) is 2.74. The molecule has 0 bridgehead atoms. The molecule has 1 N–H and O–H groups in total. The van der Waals surface area contributed by atoms with Crippen LogP contribution in [0.25, 0.3) is 12.2 Å². The molecule has 0 radical (unpaired) electrons. The first-order chi connectivity index (χ1) is 12.3. The maximum atomic E-state index is 3.69. The van der Waals surface area contributed by atoms with Gasteiger partial charge in [-0.2, -0.15) is 0 Å². The van der Waals surface area contributed by atoms with Crippen molar-refractivity contribution < 1.29 is 0 Å². The fourth-order valence-corrected chi connectivity index (χ4v) is 2.63. The van der Waals surface area contributed by atoms with Crippen LogP contribution in [-0.4, -0.2) is 6.04 Å². The lowest BCUT2D eigenvalue weighted by atomic mass is 9.95. The summed E-state index contributed by atoms with van der Waals surface area (Å²) in [6, 6.07) is 8.73. The van der Waals surface area contributed by atoms with Crippen LogP contribution in [0.15, 0.2) is 84.6 Å². The average Bonchev–Trinajstić information content (AvgIpc) is 2.66. The molecule has 3 rings (SSSR count). The SMILES string of the molecule is C=C/C=c1/cccc/c1=C/CC.CC.CC1=C2C=CC=CC2NC=C1. The zero-order chi connectivity index (χ0) is 18.5. The van der Waals surface area contributed by atoms with Crippen LogP contribution in [0, 0.1) is 0 Å². The third-order valence-corrected chi connectivity index (χ3v) is 3.81. The van der Waals surface area contributed by atoms with E-state index in [1.807, 2.05) is 38.3 Å². The zero-order valence-electron chi connectivity index (χ0n) is 16.0. The van der Waals surface area contributed by atoms with E-state index in [2.05, 4.69) is 80.4 Å². The second kappa shape index (κ2) is 11.9. The first-order valence-corrected chi connectivity index (χ1v) is 9.12. The van der Waals surface area contributed by atoms with E-state index in [-0.39, 0.29) is 0 Å². The van der Waals surface area contributed by atoms with Crippen molar-refractivity contribution in [3.8, 4) is 0 Å². The minimum absolute atomic E-state index is 0.407. The molecule has 0 fully saturated rings. The predicted octanol–water partition coefficient (Wildman–Crippen LogP) is 4.78. The Bertz CT molecular complexity index is 773. The molecule has 0 amide bonds. The van der Waals surface area contributed by atoms with Gasteiger partial charge in [0.2, 0.25) is 0 Å². The number of benzene rings is 1. The maximum absolute atomic E-state index is 3.69. The molecule has 1 aromatic carbocycles. The molecule has 1 aromatic rings. The molecule has 1 aliphatic carbocycles. The van der Waals surface area contributed by atoms with Crippen LogP contribution in [0.3, 0.4) is 0 Å². The topological polar surface area (TPSA) is 12.0 Å². The monoisotopic (exact) mass is 333 g/mol. The molecular formula is C24H31N. The lowest BCUT2D eigenvalue weighted by Gasteiger charge is -2.22. The summed E-state index contributed by atoms with van der Waals surface area (Å²) < 4.78 is 0. The molecule has 132 valence electrons. The Balaban J connectivity index is 0.000000228. The van der Waals surface area contributed by atoms with E-state index in [0.29, 0.717) is 6.04 Å². The smallest absolute Gasteiger partial charge is 0.0698 e. The van der Waals surface area contributed by atoms with Gasteiger partial charge in [-0.1, -0.05) is 94.1 Å². The molecule has 0 saturated carbocycles. The molecule has 25 heavy (non-hydrogen) atoms. The molecular weight excluding hydrogens is 302 g/mol. The van der Waals surface area contributed by atoms with Gasteiger partial charge in [-0.3, -0.25) is 0 Å². The quantitative estimate of drug-likeness (QED) is 0.821. The number of dihydropyridines is 1. The summed E-state index contributed by atoms with van der Waals surface area (Å²) in [6.07, 6.45) is 19.7. The molecule has 0 spiro atoms. The Morgan fingerprint density at radius 3 is 2.44 bits per heavy atom. The molecule has 1 nitrogen and oxygen atoms in total. The number of nitrogens with one attached hydrogen (secondary N) is 1. The molecule has 1 atom stereocenters. The van der Waals surface area contributed by atoms with Gasteiger partial charge in [-0.25, -0.2) is 0 Å². The van der Waals surface area contributed by atoms with Crippen LogP contribution < -0.4 is 15.8 Å². The Hall–Kier alpha value is -2.54. The van der Waals surface area contributed by atoms with Crippen LogP contribution >= 0.6 is 0 Å². The fourth-order valence-electron chi connectivity index (χ4n) is 2.63. The second-order valence-electron chi connectivity index (χ2n) is 5.50. The molecule has 1 heterocycles. The summed E-state index contributed by atoms with van der Waals surface area (Å²) in [6.45, 7) is 12.0. The van der Waals surface area contributed by atoms with Gasteiger partial charge in [-0.05, 0) is 47.2 Å². The predicted molar refractivity (Wildman–Crippen MR) is 114 cm³/mol. The van der Waals surface area contributed by atoms with Crippen LogP contribution in [0.4, 0.5) is 0 Å². The van der Waals surface area contributed by atoms with Crippen molar-refractivity contribution in [3.63, 3.8) is 0 Å². The Morgan fingerprint density at radius 1 is 1.08 bits per heavy atom. The van der Waals surface area contributed by atoms with E-state index in [4.69, 9.17) is 0 Å². The first kappa shape index (κ1) is 20.5. The van der Waals surface area contributed by atoms with Crippen molar-refractivity contribution in [2.24, 2.45) is 0 Å². The molecule has 1 unspecified atom stereocenters. The van der Waals surface area contributed by atoms with Crippen LogP contribution in [-0.2, 0) is 0 Å². The number of rotatable bonds is 2. The van der Waals surface area contributed by atoms with E-state index in [9.17, 15) is 0 Å². The molecule has 2 aliphatic rings. The van der Waals surface area contributed by atoms with Gasteiger partial charge in [0.05, 0.1) is 6.04 Å². The largest absolute Gasteiger partial charge is 0.381 e. The summed E-state index contributed by atoms with van der Waals surface area (Å²) in [4.78, 5) is 0. The minimum atomic E-state index is 0.407. The van der Waals surface area contributed by atoms with E-state index >= 15 is 0 Å². The van der Waals surface area contributed by atoms with Crippen molar-refractivity contribution in [2.75, 3.05) is 0 Å². The fraction of sp³-hybridized carbons (Fsp3) is 0.250. The first-order valence-electron chi connectivity index (χ1n) is 9.12. The molecule has 0 aromatic heterocycles. The van der Waals surface area contributed by atoms with Gasteiger partial charge in [0.1, 0.15) is 0 Å². The lowest BCUT2D eigenvalue weighted by molar-refractivity contribution is 0.784. The number of hydrogen-bond acceptors (Lipinski definition) is 1. The van der Waals surface area contributed by atoms with Crippen molar-refractivity contribution in [2.45, 2.75) is 40.2 Å². The Labute approximate surface area is 153 Å². The van der Waals surface area contributed by atoms with Gasteiger partial charge >= 0.3 is 0 Å². The van der Waals surface area contributed by atoms with Crippen LogP contribution in [0.1, 0.15) is 34.1 Å². The number of fused-ring (bicyclic) bond motifs is 1. The van der Waals surface area contributed by atoms with Gasteiger partial charge in [-0.15, -0.1) is 0 Å². The summed E-state index contributed by atoms with van der Waals surface area (Å²) >= 11 is 0. The van der Waals surface area contributed by atoms with Crippen LogP contribution in [0.2, 0.25) is 0 Å². The van der Waals surface area contributed by atoms with E-state index < -0.39 is 0 Å². The van der Waals surface area contributed by atoms with Crippen LogP contribution in [0.5, 0.6) is 0 Å². The van der Waals surface area contributed by atoms with Gasteiger partial charge < -0.3 is 5.32 Å². The molecule has 0 saturated heterocycles. The minimum Gasteiger partial charge on any atom is -0.381 e. The maximum Gasteiger partial charge on any atom is 0.0698 e. The highest BCUT2D eigenvalue weighted by molar-refractivity contribution is 5.45. The van der Waals surface area contributed by atoms with Gasteiger partial charge in [0, 0.05) is 0 Å². The van der Waals surface area contributed by atoms with Crippen molar-refractivity contribution in [1.82, 2.24) is 5.32 Å². The Morgan fingerprint density at radius 2 is 1.80 bits per heavy atom. The molecule has 1 heteroatoms.